The molecular formula is C21H20N4O3S2. The number of thiazole rings is 2. The zero-order valence-electron chi connectivity index (χ0n) is 16.6. The molecule has 2 aromatic heterocycles. The van der Waals surface area contributed by atoms with Gasteiger partial charge in [0, 0.05) is 18.7 Å². The van der Waals surface area contributed by atoms with Crippen molar-refractivity contribution < 1.29 is 14.3 Å². The van der Waals surface area contributed by atoms with E-state index >= 15 is 0 Å². The van der Waals surface area contributed by atoms with E-state index in [0.717, 1.165) is 33.4 Å². The minimum atomic E-state index is -0.117. The van der Waals surface area contributed by atoms with Crippen molar-refractivity contribution in [3.05, 3.63) is 41.4 Å². The van der Waals surface area contributed by atoms with E-state index in [1.165, 1.54) is 22.7 Å². The Labute approximate surface area is 181 Å². The van der Waals surface area contributed by atoms with Crippen molar-refractivity contribution in [2.75, 3.05) is 38.9 Å². The summed E-state index contributed by atoms with van der Waals surface area (Å²) in [5.41, 5.74) is 1.64. The van der Waals surface area contributed by atoms with Crippen LogP contribution in [-0.2, 0) is 0 Å². The third-order valence-electron chi connectivity index (χ3n) is 4.81. The van der Waals surface area contributed by atoms with Crippen molar-refractivity contribution in [3.8, 4) is 11.5 Å². The van der Waals surface area contributed by atoms with Gasteiger partial charge < -0.3 is 14.4 Å². The Morgan fingerprint density at radius 3 is 2.60 bits per heavy atom. The molecule has 0 N–H and O–H groups in total. The number of fused-ring (bicyclic) bond motifs is 3. The van der Waals surface area contributed by atoms with Crippen LogP contribution in [0.1, 0.15) is 16.2 Å². The second-order valence-electron chi connectivity index (χ2n) is 7.27. The lowest BCUT2D eigenvalue weighted by Gasteiger charge is -2.19. The summed E-state index contributed by atoms with van der Waals surface area (Å²) in [7, 11) is 4.05. The summed E-state index contributed by atoms with van der Waals surface area (Å²) in [5.74, 6) is 1.29. The van der Waals surface area contributed by atoms with Crippen LogP contribution in [0.3, 0.4) is 0 Å². The molecule has 9 heteroatoms. The number of carbonyl (C=O) groups excluding carboxylic acids is 1. The molecule has 2 aromatic carbocycles. The highest BCUT2D eigenvalue weighted by molar-refractivity contribution is 7.23. The van der Waals surface area contributed by atoms with Crippen molar-refractivity contribution in [1.29, 1.82) is 0 Å². The van der Waals surface area contributed by atoms with Gasteiger partial charge in [0.15, 0.2) is 21.6 Å². The number of benzene rings is 2. The summed E-state index contributed by atoms with van der Waals surface area (Å²) in [4.78, 5) is 26.6. The van der Waals surface area contributed by atoms with Crippen LogP contribution in [0.2, 0.25) is 0 Å². The number of hydrogen-bond donors (Lipinski definition) is 0. The molecule has 30 heavy (non-hydrogen) atoms. The first kappa shape index (κ1) is 19.2. The fourth-order valence-corrected chi connectivity index (χ4v) is 5.24. The number of para-hydroxylation sites is 1. The highest BCUT2D eigenvalue weighted by Gasteiger charge is 2.25. The standard InChI is InChI=1S/C21H20N4O3S2/c1-24(2)8-5-9-25(20(26)19-22-13-6-3-4-7-17(13)29-19)21-23-14-10-15-16(28-12-27-15)11-18(14)30-21/h3-4,6-7,10-11H,5,8-9,12H2,1-2H3. The molecule has 0 unspecified atom stereocenters. The number of aromatic nitrogens is 2. The molecule has 154 valence electrons. The van der Waals surface area contributed by atoms with Gasteiger partial charge in [0.25, 0.3) is 5.91 Å². The first-order chi connectivity index (χ1) is 14.6. The fraction of sp³-hybridized carbons (Fsp3) is 0.286. The highest BCUT2D eigenvalue weighted by Crippen LogP contribution is 2.40. The number of ether oxygens (including phenoxy) is 2. The van der Waals surface area contributed by atoms with Gasteiger partial charge in [-0.25, -0.2) is 9.97 Å². The topological polar surface area (TPSA) is 67.8 Å². The van der Waals surface area contributed by atoms with E-state index in [-0.39, 0.29) is 12.7 Å². The van der Waals surface area contributed by atoms with Crippen LogP contribution in [0.25, 0.3) is 20.4 Å². The third-order valence-corrected chi connectivity index (χ3v) is 6.88. The number of carbonyl (C=O) groups is 1. The maximum absolute atomic E-state index is 13.4. The first-order valence-electron chi connectivity index (χ1n) is 9.61. The van der Waals surface area contributed by atoms with E-state index in [9.17, 15) is 4.79 Å². The summed E-state index contributed by atoms with van der Waals surface area (Å²) in [6.07, 6.45) is 0.836. The van der Waals surface area contributed by atoms with Gasteiger partial charge in [-0.1, -0.05) is 23.5 Å². The number of amides is 1. The van der Waals surface area contributed by atoms with Crippen molar-refractivity contribution in [2.45, 2.75) is 6.42 Å². The van der Waals surface area contributed by atoms with Crippen molar-refractivity contribution in [2.24, 2.45) is 0 Å². The minimum Gasteiger partial charge on any atom is -0.454 e. The number of rotatable bonds is 6. The Hall–Kier alpha value is -2.75. The van der Waals surface area contributed by atoms with Crippen LogP contribution in [0, 0.1) is 0 Å². The predicted octanol–water partition coefficient (Wildman–Crippen LogP) is 4.23. The average Bonchev–Trinajstić information content (AvgIpc) is 3.45. The lowest BCUT2D eigenvalue weighted by molar-refractivity contribution is 0.0986. The molecule has 0 fully saturated rings. The molecule has 0 radical (unpaired) electrons. The van der Waals surface area contributed by atoms with E-state index in [1.54, 1.807) is 4.90 Å². The number of nitrogens with zero attached hydrogens (tertiary/aromatic N) is 4. The lowest BCUT2D eigenvalue weighted by atomic mass is 10.3. The largest absolute Gasteiger partial charge is 0.454 e. The van der Waals surface area contributed by atoms with Gasteiger partial charge in [0.1, 0.15) is 0 Å². The molecule has 0 spiro atoms. The number of hydrogen-bond acceptors (Lipinski definition) is 8. The molecule has 7 nitrogen and oxygen atoms in total. The summed E-state index contributed by atoms with van der Waals surface area (Å²) < 4.78 is 12.9. The Morgan fingerprint density at radius 2 is 1.80 bits per heavy atom. The van der Waals surface area contributed by atoms with E-state index < -0.39 is 0 Å². The van der Waals surface area contributed by atoms with Crippen LogP contribution in [0.15, 0.2) is 36.4 Å². The van der Waals surface area contributed by atoms with Gasteiger partial charge in [-0.3, -0.25) is 9.69 Å². The molecule has 1 amide bonds. The zero-order valence-corrected chi connectivity index (χ0v) is 18.3. The molecule has 4 aromatic rings. The third kappa shape index (κ3) is 3.60. The molecule has 1 aliphatic rings. The monoisotopic (exact) mass is 440 g/mol. The SMILES string of the molecule is CN(C)CCCN(C(=O)c1nc2ccccc2s1)c1nc2cc3c(cc2s1)OCO3. The molecule has 1 aliphatic heterocycles. The highest BCUT2D eigenvalue weighted by atomic mass is 32.1. The van der Waals surface area contributed by atoms with Crippen LogP contribution < -0.4 is 14.4 Å². The second kappa shape index (κ2) is 7.82. The summed E-state index contributed by atoms with van der Waals surface area (Å²) in [6.45, 7) is 1.68. The molecule has 0 bridgehead atoms. The summed E-state index contributed by atoms with van der Waals surface area (Å²) >= 11 is 2.90. The lowest BCUT2D eigenvalue weighted by Crippen LogP contribution is -2.33. The van der Waals surface area contributed by atoms with Crippen LogP contribution in [0.5, 0.6) is 11.5 Å². The van der Waals surface area contributed by atoms with Crippen molar-refractivity contribution >= 4 is 54.1 Å². The van der Waals surface area contributed by atoms with Gasteiger partial charge >= 0.3 is 0 Å². The smallest absolute Gasteiger partial charge is 0.289 e. The van der Waals surface area contributed by atoms with E-state index in [0.29, 0.717) is 28.2 Å². The van der Waals surface area contributed by atoms with Gasteiger partial charge in [0.05, 0.1) is 20.4 Å². The average molecular weight is 441 g/mol. The molecule has 0 atom stereocenters. The Kier molecular flexibility index (Phi) is 5.01. The maximum atomic E-state index is 13.4. The van der Waals surface area contributed by atoms with Crippen LogP contribution >= 0.6 is 22.7 Å². The molecule has 3 heterocycles. The van der Waals surface area contributed by atoms with Gasteiger partial charge in [-0.2, -0.15) is 0 Å². The predicted molar refractivity (Wildman–Crippen MR) is 120 cm³/mol. The van der Waals surface area contributed by atoms with Crippen LogP contribution in [0.4, 0.5) is 5.13 Å². The van der Waals surface area contributed by atoms with E-state index in [4.69, 9.17) is 14.5 Å². The van der Waals surface area contributed by atoms with Gasteiger partial charge in [0.2, 0.25) is 6.79 Å². The normalized spacial score (nSPS) is 12.9. The first-order valence-corrected chi connectivity index (χ1v) is 11.2. The Balaban J connectivity index is 1.50. The van der Waals surface area contributed by atoms with Gasteiger partial charge in [-0.05, 0) is 39.2 Å². The van der Waals surface area contributed by atoms with E-state index in [2.05, 4.69) is 9.88 Å². The molecule has 0 saturated heterocycles. The molecule has 0 saturated carbocycles. The minimum absolute atomic E-state index is 0.117. The van der Waals surface area contributed by atoms with Crippen molar-refractivity contribution in [1.82, 2.24) is 14.9 Å². The molecular weight excluding hydrogens is 420 g/mol. The van der Waals surface area contributed by atoms with Crippen LogP contribution in [-0.4, -0.2) is 54.8 Å². The molecule has 5 rings (SSSR count). The van der Waals surface area contributed by atoms with Crippen molar-refractivity contribution in [3.63, 3.8) is 0 Å². The summed E-state index contributed by atoms with van der Waals surface area (Å²) in [5, 5.41) is 1.14. The zero-order chi connectivity index (χ0) is 20.7. The molecule has 0 aliphatic carbocycles. The summed E-state index contributed by atoms with van der Waals surface area (Å²) in [6, 6.07) is 11.6. The fourth-order valence-electron chi connectivity index (χ4n) is 3.33. The Morgan fingerprint density at radius 1 is 1.00 bits per heavy atom. The number of anilines is 1. The van der Waals surface area contributed by atoms with E-state index in [1.807, 2.05) is 50.5 Å². The van der Waals surface area contributed by atoms with Gasteiger partial charge in [-0.15, -0.1) is 11.3 Å². The maximum Gasteiger partial charge on any atom is 0.289 e. The Bertz CT molecular complexity index is 1160. The quantitative estimate of drug-likeness (QED) is 0.447. The second-order valence-corrected chi connectivity index (χ2v) is 9.31.